The zero-order valence-corrected chi connectivity index (χ0v) is 25.1. The van der Waals surface area contributed by atoms with E-state index in [-0.39, 0.29) is 5.92 Å². The van der Waals surface area contributed by atoms with Crippen molar-refractivity contribution in [2.75, 3.05) is 9.80 Å². The molecule has 0 aliphatic carbocycles. The monoisotopic (exact) mass is 587 g/mol. The average molecular weight is 588 g/mol. The second-order valence-corrected chi connectivity index (χ2v) is 12.2. The van der Waals surface area contributed by atoms with Gasteiger partial charge >= 0.3 is 0 Å². The highest BCUT2D eigenvalue weighted by Crippen LogP contribution is 2.60. The molecule has 0 spiro atoms. The van der Waals surface area contributed by atoms with Crippen molar-refractivity contribution in [2.45, 2.75) is 5.92 Å². The van der Waals surface area contributed by atoms with Crippen LogP contribution in [0, 0.1) is 0 Å². The Bertz CT molecular complexity index is 2280. The van der Waals surface area contributed by atoms with Crippen molar-refractivity contribution < 1.29 is 0 Å². The van der Waals surface area contributed by atoms with Crippen LogP contribution in [0.3, 0.4) is 0 Å². The molecule has 1 aromatic heterocycles. The van der Waals surface area contributed by atoms with E-state index in [0.717, 1.165) is 17.1 Å². The molecule has 0 bridgehead atoms. The van der Waals surface area contributed by atoms with E-state index in [1.165, 1.54) is 61.2 Å². The Balaban J connectivity index is 1.38. The molecule has 3 nitrogen and oxygen atoms in total. The minimum Gasteiger partial charge on any atom is -0.310 e. The largest absolute Gasteiger partial charge is 0.310 e. The summed E-state index contributed by atoms with van der Waals surface area (Å²) in [6, 6.07) is 62.0. The summed E-state index contributed by atoms with van der Waals surface area (Å²) in [6.45, 7) is 0. The highest BCUT2D eigenvalue weighted by Gasteiger charge is 2.41. The van der Waals surface area contributed by atoms with Crippen LogP contribution in [-0.4, -0.2) is 4.57 Å². The van der Waals surface area contributed by atoms with E-state index in [1.807, 2.05) is 0 Å². The number of hydrogen-bond acceptors (Lipinski definition) is 2. The Labute approximate surface area is 267 Å². The molecular formula is C43H29N3. The summed E-state index contributed by atoms with van der Waals surface area (Å²) in [6.07, 6.45) is 0. The third-order valence-corrected chi connectivity index (χ3v) is 9.74. The van der Waals surface area contributed by atoms with Crippen molar-refractivity contribution in [3.05, 3.63) is 187 Å². The van der Waals surface area contributed by atoms with E-state index in [0.29, 0.717) is 0 Å². The van der Waals surface area contributed by atoms with Crippen LogP contribution in [0.15, 0.2) is 170 Å². The van der Waals surface area contributed by atoms with Gasteiger partial charge in [-0.3, -0.25) is 0 Å². The molecule has 0 atom stereocenters. The van der Waals surface area contributed by atoms with Gasteiger partial charge in [0.25, 0.3) is 0 Å². The summed E-state index contributed by atoms with van der Waals surface area (Å²) >= 11 is 0. The molecule has 8 aromatic rings. The Morgan fingerprint density at radius 2 is 0.761 bits per heavy atom. The van der Waals surface area contributed by atoms with Crippen LogP contribution in [0.1, 0.15) is 22.6 Å². The third-order valence-electron chi connectivity index (χ3n) is 9.74. The lowest BCUT2D eigenvalue weighted by molar-refractivity contribution is 0.906. The molecule has 216 valence electrons. The number of rotatable bonds is 3. The molecule has 46 heavy (non-hydrogen) atoms. The van der Waals surface area contributed by atoms with Gasteiger partial charge in [0.05, 0.1) is 39.5 Å². The first-order chi connectivity index (χ1) is 22.9. The second-order valence-electron chi connectivity index (χ2n) is 12.2. The van der Waals surface area contributed by atoms with E-state index >= 15 is 0 Å². The van der Waals surface area contributed by atoms with Crippen LogP contribution in [0.4, 0.5) is 34.1 Å². The molecule has 0 fully saturated rings. The normalized spacial score (nSPS) is 13.5. The average Bonchev–Trinajstić information content (AvgIpc) is 3.46. The molecule has 0 radical (unpaired) electrons. The molecule has 0 amide bonds. The molecule has 7 aromatic carbocycles. The second kappa shape index (κ2) is 9.72. The smallest absolute Gasteiger partial charge is 0.0545 e. The van der Waals surface area contributed by atoms with Gasteiger partial charge in [0, 0.05) is 33.6 Å². The molecule has 10 rings (SSSR count). The van der Waals surface area contributed by atoms with Crippen LogP contribution in [0.5, 0.6) is 0 Å². The number of para-hydroxylation sites is 6. The number of hydrogen-bond donors (Lipinski definition) is 0. The van der Waals surface area contributed by atoms with Crippen molar-refractivity contribution >= 4 is 55.9 Å². The highest BCUT2D eigenvalue weighted by atomic mass is 15.2. The maximum absolute atomic E-state index is 2.47. The molecule has 0 saturated heterocycles. The van der Waals surface area contributed by atoms with Crippen molar-refractivity contribution in [1.82, 2.24) is 4.57 Å². The van der Waals surface area contributed by atoms with Gasteiger partial charge in [0.2, 0.25) is 0 Å². The predicted molar refractivity (Wildman–Crippen MR) is 191 cm³/mol. The topological polar surface area (TPSA) is 11.4 Å². The minimum atomic E-state index is 0.101. The minimum absolute atomic E-state index is 0.101. The zero-order chi connectivity index (χ0) is 30.2. The maximum Gasteiger partial charge on any atom is 0.0545 e. The molecule has 0 N–H and O–H groups in total. The van der Waals surface area contributed by atoms with Crippen LogP contribution in [0.25, 0.3) is 27.5 Å². The molecule has 3 heteroatoms. The third kappa shape index (κ3) is 3.48. The molecule has 0 unspecified atom stereocenters. The Morgan fingerprint density at radius 3 is 1.26 bits per heavy atom. The maximum atomic E-state index is 2.47. The zero-order valence-electron chi connectivity index (χ0n) is 25.1. The first-order valence-corrected chi connectivity index (χ1v) is 15.9. The van der Waals surface area contributed by atoms with Gasteiger partial charge < -0.3 is 14.4 Å². The van der Waals surface area contributed by atoms with Crippen LogP contribution >= 0.6 is 0 Å². The van der Waals surface area contributed by atoms with Crippen molar-refractivity contribution in [2.24, 2.45) is 0 Å². The van der Waals surface area contributed by atoms with Crippen LogP contribution in [0.2, 0.25) is 0 Å². The number of nitrogens with zero attached hydrogens (tertiary/aromatic N) is 3. The summed E-state index contributed by atoms with van der Waals surface area (Å²) in [4.78, 5) is 4.94. The van der Waals surface area contributed by atoms with E-state index in [2.05, 4.69) is 184 Å². The van der Waals surface area contributed by atoms with Gasteiger partial charge in [-0.25, -0.2) is 0 Å². The fraction of sp³-hybridized carbons (Fsp3) is 0.0233. The molecule has 2 aliphatic heterocycles. The summed E-state index contributed by atoms with van der Waals surface area (Å²) in [5, 5.41) is 2.52. The van der Waals surface area contributed by atoms with Gasteiger partial charge in [0.15, 0.2) is 0 Å². The van der Waals surface area contributed by atoms with Crippen molar-refractivity contribution in [1.29, 1.82) is 0 Å². The summed E-state index contributed by atoms with van der Waals surface area (Å²) in [7, 11) is 0. The van der Waals surface area contributed by atoms with Gasteiger partial charge in [-0.2, -0.15) is 0 Å². The predicted octanol–water partition coefficient (Wildman–Crippen LogP) is 11.5. The first-order valence-electron chi connectivity index (χ1n) is 15.9. The fourth-order valence-corrected chi connectivity index (χ4v) is 7.92. The Hall–Kier alpha value is -6.06. The number of aromatic nitrogens is 1. The molecule has 2 aliphatic rings. The van der Waals surface area contributed by atoms with E-state index in [4.69, 9.17) is 0 Å². The number of fused-ring (bicyclic) bond motifs is 7. The van der Waals surface area contributed by atoms with Crippen LogP contribution in [-0.2, 0) is 0 Å². The van der Waals surface area contributed by atoms with Crippen molar-refractivity contribution in [3.8, 4) is 5.69 Å². The van der Waals surface area contributed by atoms with Gasteiger partial charge in [-0.1, -0.05) is 109 Å². The van der Waals surface area contributed by atoms with Gasteiger partial charge in [-0.15, -0.1) is 0 Å². The van der Waals surface area contributed by atoms with Gasteiger partial charge in [0.1, 0.15) is 0 Å². The van der Waals surface area contributed by atoms with E-state index in [1.54, 1.807) is 0 Å². The van der Waals surface area contributed by atoms with Crippen LogP contribution < -0.4 is 9.80 Å². The number of benzene rings is 7. The molecule has 0 saturated carbocycles. The highest BCUT2D eigenvalue weighted by molar-refractivity contribution is 6.09. The summed E-state index contributed by atoms with van der Waals surface area (Å²) in [5.74, 6) is 0.101. The SMILES string of the molecule is c1ccc(N2c3ccccc3C3c4ccccc4N(c4ccccc4)c4cc(-n5c6ccccc6c6ccccc65)cc2c43)cc1. The van der Waals surface area contributed by atoms with E-state index in [9.17, 15) is 0 Å². The summed E-state index contributed by atoms with van der Waals surface area (Å²) < 4.78 is 2.45. The standard InChI is InChI=1S/C43H29N3/c1-3-15-29(16-4-1)44-38-25-13-9-21-34(38)42-35-22-10-14-26-39(35)45(30-17-5-2-6-18-30)41-28-31(27-40(44)43(41)42)46-36-23-11-7-19-32(36)33-20-8-12-24-37(33)46/h1-28,42H. The molecule has 3 heterocycles. The fourth-order valence-electron chi connectivity index (χ4n) is 7.92. The number of anilines is 6. The first kappa shape index (κ1) is 25.3. The summed E-state index contributed by atoms with van der Waals surface area (Å²) in [5.41, 5.74) is 14.7. The molecular weight excluding hydrogens is 558 g/mol. The van der Waals surface area contributed by atoms with Gasteiger partial charge in [-0.05, 0) is 71.8 Å². The van der Waals surface area contributed by atoms with E-state index < -0.39 is 0 Å². The quantitative estimate of drug-likeness (QED) is 0.204. The lowest BCUT2D eigenvalue weighted by Crippen LogP contribution is -2.29. The Kier molecular flexibility index (Phi) is 5.34. The van der Waals surface area contributed by atoms with Crippen molar-refractivity contribution in [3.63, 3.8) is 0 Å². The lowest BCUT2D eigenvalue weighted by Gasteiger charge is -2.45. The lowest BCUT2D eigenvalue weighted by atomic mass is 9.75. The Morgan fingerprint density at radius 1 is 0.348 bits per heavy atom.